The van der Waals surface area contributed by atoms with Crippen LogP contribution in [0.2, 0.25) is 0 Å². The largest absolute Gasteiger partial charge is 0.508 e. The van der Waals surface area contributed by atoms with E-state index in [4.69, 9.17) is 0 Å². The molecule has 0 aliphatic carbocycles. The van der Waals surface area contributed by atoms with Gasteiger partial charge in [-0.1, -0.05) is 18.2 Å². The number of alkyl halides is 3. The van der Waals surface area contributed by atoms with Crippen LogP contribution in [0, 0.1) is 17.5 Å². The smallest absolute Gasteiger partial charge is 0.402 e. The molecule has 2 nitrogen and oxygen atoms in total. The lowest BCUT2D eigenvalue weighted by molar-refractivity contribution is -0.174. The minimum atomic E-state index is -5.23. The maximum atomic E-state index is 14.0. The van der Waals surface area contributed by atoms with Gasteiger partial charge in [0.1, 0.15) is 16.9 Å². The van der Waals surface area contributed by atoms with Gasteiger partial charge in [0.15, 0.2) is 17.5 Å². The molecule has 8 heteroatoms. The van der Waals surface area contributed by atoms with Crippen molar-refractivity contribution in [3.63, 3.8) is 0 Å². The van der Waals surface area contributed by atoms with E-state index in [1.165, 1.54) is 6.07 Å². The quantitative estimate of drug-likeness (QED) is 0.631. The molecule has 1 atom stereocenters. The van der Waals surface area contributed by atoms with Gasteiger partial charge in [-0.05, 0) is 13.0 Å². The summed E-state index contributed by atoms with van der Waals surface area (Å²) in [6, 6.07) is 4.21. The second-order valence-corrected chi connectivity index (χ2v) is 5.02. The number of hydrogen-bond acceptors (Lipinski definition) is 2. The van der Waals surface area contributed by atoms with E-state index >= 15 is 0 Å². The monoisotopic (exact) mass is 336 g/mol. The molecule has 0 aromatic heterocycles. The molecule has 2 aromatic rings. The zero-order chi connectivity index (χ0) is 17.6. The van der Waals surface area contributed by atoms with Crippen molar-refractivity contribution in [3.8, 4) is 11.5 Å². The van der Waals surface area contributed by atoms with Gasteiger partial charge in [0.25, 0.3) is 0 Å². The minimum Gasteiger partial charge on any atom is -0.508 e. The molecule has 0 fully saturated rings. The van der Waals surface area contributed by atoms with Crippen LogP contribution in [0.3, 0.4) is 0 Å². The zero-order valence-electron chi connectivity index (χ0n) is 11.5. The average Bonchev–Trinajstić information content (AvgIpc) is 2.44. The van der Waals surface area contributed by atoms with E-state index < -0.39 is 51.7 Å². The van der Waals surface area contributed by atoms with Crippen molar-refractivity contribution in [1.82, 2.24) is 0 Å². The normalized spacial score (nSPS) is 14.6. The Morgan fingerprint density at radius 1 is 0.870 bits per heavy atom. The third-order valence-electron chi connectivity index (χ3n) is 3.65. The summed E-state index contributed by atoms with van der Waals surface area (Å²) < 4.78 is 81.4. The Labute approximate surface area is 126 Å². The highest BCUT2D eigenvalue weighted by molar-refractivity contribution is 5.52. The molecular weight excluding hydrogens is 326 g/mol. The molecule has 23 heavy (non-hydrogen) atoms. The van der Waals surface area contributed by atoms with Gasteiger partial charge in [-0.2, -0.15) is 13.2 Å². The highest BCUT2D eigenvalue weighted by atomic mass is 19.4. The van der Waals surface area contributed by atoms with Gasteiger partial charge < -0.3 is 10.2 Å². The Kier molecular flexibility index (Phi) is 3.96. The van der Waals surface area contributed by atoms with Crippen LogP contribution >= 0.6 is 0 Å². The van der Waals surface area contributed by atoms with Crippen molar-refractivity contribution < 1.29 is 36.6 Å². The summed E-state index contributed by atoms with van der Waals surface area (Å²) in [5.41, 5.74) is -5.63. The van der Waals surface area contributed by atoms with Crippen molar-refractivity contribution in [2.24, 2.45) is 0 Å². The van der Waals surface area contributed by atoms with Crippen molar-refractivity contribution in [3.05, 3.63) is 58.9 Å². The molecule has 124 valence electrons. The lowest BCUT2D eigenvalue weighted by Crippen LogP contribution is -2.41. The Balaban J connectivity index is 2.93. The standard InChI is InChI=1S/C15H10F6O2/c1-14(15(19,20)21,7-4-2-3-5-9(7)22)11-10(23)6-8(16)12(17)13(11)18/h2-6,22-23H,1H3. The van der Waals surface area contributed by atoms with E-state index in [1.807, 2.05) is 0 Å². The molecule has 2 aromatic carbocycles. The van der Waals surface area contributed by atoms with Crippen LogP contribution in [0.25, 0.3) is 0 Å². The average molecular weight is 336 g/mol. The van der Waals surface area contributed by atoms with Gasteiger partial charge in [-0.15, -0.1) is 0 Å². The number of aromatic hydroxyl groups is 2. The number of phenols is 2. The first-order chi connectivity index (χ1) is 10.5. The summed E-state index contributed by atoms with van der Waals surface area (Å²) in [5.74, 6) is -8.40. The molecule has 0 heterocycles. The fourth-order valence-electron chi connectivity index (χ4n) is 2.38. The molecule has 0 saturated heterocycles. The molecule has 0 radical (unpaired) electrons. The lowest BCUT2D eigenvalue weighted by atomic mass is 9.74. The van der Waals surface area contributed by atoms with Gasteiger partial charge >= 0.3 is 6.18 Å². The summed E-state index contributed by atoms with van der Waals surface area (Å²) in [6.07, 6.45) is -5.23. The van der Waals surface area contributed by atoms with Crippen LogP contribution in [0.4, 0.5) is 26.3 Å². The van der Waals surface area contributed by atoms with E-state index in [0.717, 1.165) is 18.2 Å². The van der Waals surface area contributed by atoms with E-state index in [2.05, 4.69) is 0 Å². The van der Waals surface area contributed by atoms with Gasteiger partial charge in [-0.25, -0.2) is 13.2 Å². The van der Waals surface area contributed by atoms with Crippen molar-refractivity contribution in [2.75, 3.05) is 0 Å². The molecule has 0 saturated carbocycles. The molecule has 2 N–H and O–H groups in total. The van der Waals surface area contributed by atoms with Crippen molar-refractivity contribution in [2.45, 2.75) is 18.5 Å². The van der Waals surface area contributed by atoms with Crippen LogP contribution in [0.15, 0.2) is 30.3 Å². The van der Waals surface area contributed by atoms with Crippen LogP contribution in [-0.4, -0.2) is 16.4 Å². The number of rotatable bonds is 2. The Bertz CT molecular complexity index is 756. The molecule has 2 rings (SSSR count). The van der Waals surface area contributed by atoms with E-state index in [-0.39, 0.29) is 6.07 Å². The van der Waals surface area contributed by atoms with Crippen LogP contribution in [-0.2, 0) is 5.41 Å². The summed E-state index contributed by atoms with van der Waals surface area (Å²) >= 11 is 0. The number of phenolic OH excluding ortho intramolecular Hbond substituents is 2. The van der Waals surface area contributed by atoms with E-state index in [0.29, 0.717) is 6.92 Å². The van der Waals surface area contributed by atoms with Crippen LogP contribution < -0.4 is 0 Å². The first-order valence-electron chi connectivity index (χ1n) is 6.24. The van der Waals surface area contributed by atoms with Gasteiger partial charge in [0.2, 0.25) is 0 Å². The molecule has 0 aliphatic heterocycles. The predicted molar refractivity (Wildman–Crippen MR) is 68.6 cm³/mol. The van der Waals surface area contributed by atoms with Crippen LogP contribution in [0.5, 0.6) is 11.5 Å². The van der Waals surface area contributed by atoms with Gasteiger partial charge in [0, 0.05) is 11.6 Å². The van der Waals surface area contributed by atoms with Crippen molar-refractivity contribution >= 4 is 0 Å². The maximum Gasteiger partial charge on any atom is 0.402 e. The third-order valence-corrected chi connectivity index (χ3v) is 3.65. The number of para-hydroxylation sites is 1. The third kappa shape index (κ3) is 2.47. The van der Waals surface area contributed by atoms with Crippen molar-refractivity contribution in [1.29, 1.82) is 0 Å². The second kappa shape index (κ2) is 5.36. The Morgan fingerprint density at radius 2 is 1.43 bits per heavy atom. The first kappa shape index (κ1) is 17.0. The highest BCUT2D eigenvalue weighted by Crippen LogP contribution is 2.52. The van der Waals surface area contributed by atoms with Gasteiger partial charge in [0.05, 0.1) is 5.56 Å². The number of halogens is 6. The van der Waals surface area contributed by atoms with Gasteiger partial charge in [-0.3, -0.25) is 0 Å². The fourth-order valence-corrected chi connectivity index (χ4v) is 2.38. The lowest BCUT2D eigenvalue weighted by Gasteiger charge is -2.34. The fraction of sp³-hybridized carbons (Fsp3) is 0.200. The summed E-state index contributed by atoms with van der Waals surface area (Å²) in [6.45, 7) is 0.456. The van der Waals surface area contributed by atoms with E-state index in [9.17, 15) is 36.6 Å². The SMILES string of the molecule is CC(c1ccccc1O)(c1c(O)cc(F)c(F)c1F)C(F)(F)F. The molecule has 1 unspecified atom stereocenters. The van der Waals surface area contributed by atoms with E-state index in [1.54, 1.807) is 0 Å². The maximum absolute atomic E-state index is 14.0. The molecule has 0 bridgehead atoms. The minimum absolute atomic E-state index is 0.0533. The predicted octanol–water partition coefficient (Wildman–Crippen LogP) is 4.38. The number of benzene rings is 2. The Hall–Kier alpha value is -2.38. The van der Waals surface area contributed by atoms with Crippen LogP contribution in [0.1, 0.15) is 18.1 Å². The topological polar surface area (TPSA) is 40.5 Å². The summed E-state index contributed by atoms with van der Waals surface area (Å²) in [4.78, 5) is 0. The zero-order valence-corrected chi connectivity index (χ0v) is 11.5. The molecular formula is C15H10F6O2. The first-order valence-corrected chi connectivity index (χ1v) is 6.24. The Morgan fingerprint density at radius 3 is 1.96 bits per heavy atom. The molecule has 0 amide bonds. The second-order valence-electron chi connectivity index (χ2n) is 5.02. The molecule has 0 aliphatic rings. The number of hydrogen-bond donors (Lipinski definition) is 2. The molecule has 0 spiro atoms. The summed E-state index contributed by atoms with van der Waals surface area (Å²) in [7, 11) is 0. The summed E-state index contributed by atoms with van der Waals surface area (Å²) in [5, 5.41) is 19.3. The highest BCUT2D eigenvalue weighted by Gasteiger charge is 2.57.